The van der Waals surface area contributed by atoms with Crippen LogP contribution >= 0.6 is 11.6 Å². The Balaban J connectivity index is 2.29. The molecule has 1 aliphatic heterocycles. The second-order valence-electron chi connectivity index (χ2n) is 6.41. The molecule has 0 spiro atoms. The van der Waals surface area contributed by atoms with E-state index in [1.807, 2.05) is 18.2 Å². The number of carbonyl (C=O) groups is 2. The number of oxime groups is 1. The van der Waals surface area contributed by atoms with Crippen LogP contribution in [0, 0.1) is 0 Å². The first kappa shape index (κ1) is 23.4. The van der Waals surface area contributed by atoms with E-state index in [2.05, 4.69) is 10.5 Å². The predicted molar refractivity (Wildman–Crippen MR) is 113 cm³/mol. The Morgan fingerprint density at radius 1 is 1.23 bits per heavy atom. The van der Waals surface area contributed by atoms with Gasteiger partial charge in [-0.25, -0.2) is 4.79 Å². The van der Waals surface area contributed by atoms with Gasteiger partial charge in [-0.05, 0) is 43.0 Å². The smallest absolute Gasteiger partial charge is 0.338 e. The topological polar surface area (TPSA) is 117 Å². The third kappa shape index (κ3) is 7.53. The van der Waals surface area contributed by atoms with Gasteiger partial charge in [-0.1, -0.05) is 35.0 Å². The molecule has 0 fully saturated rings. The van der Waals surface area contributed by atoms with Crippen LogP contribution in [0.1, 0.15) is 35.2 Å². The molecule has 1 aromatic carbocycles. The summed E-state index contributed by atoms with van der Waals surface area (Å²) >= 11 is 6.26. The molecule has 1 aromatic rings. The van der Waals surface area contributed by atoms with Gasteiger partial charge in [0.1, 0.15) is 5.75 Å². The van der Waals surface area contributed by atoms with Crippen LogP contribution in [0.3, 0.4) is 0 Å². The van der Waals surface area contributed by atoms with Crippen molar-refractivity contribution in [3.05, 3.63) is 52.6 Å². The van der Waals surface area contributed by atoms with E-state index in [4.69, 9.17) is 26.3 Å². The number of esters is 1. The van der Waals surface area contributed by atoms with Crippen molar-refractivity contribution in [1.82, 2.24) is 5.32 Å². The van der Waals surface area contributed by atoms with Gasteiger partial charge in [-0.3, -0.25) is 4.79 Å². The third-order valence-corrected chi connectivity index (χ3v) is 4.53. The minimum atomic E-state index is -0.551. The molecule has 0 bridgehead atoms. The molecule has 0 aromatic heterocycles. The number of aromatic hydroxyl groups is 1. The van der Waals surface area contributed by atoms with Crippen molar-refractivity contribution < 1.29 is 29.4 Å². The van der Waals surface area contributed by atoms with Crippen LogP contribution in [0.25, 0.3) is 0 Å². The molecule has 0 aliphatic carbocycles. The number of cyclic esters (lactones) is 1. The molecular weight excluding hydrogens is 412 g/mol. The highest BCUT2D eigenvalue weighted by Gasteiger charge is 2.20. The molecule has 162 valence electrons. The molecule has 0 atom stereocenters. The number of aliphatic hydroxyl groups is 1. The summed E-state index contributed by atoms with van der Waals surface area (Å²) in [4.78, 5) is 29.2. The summed E-state index contributed by atoms with van der Waals surface area (Å²) in [6, 6.07) is 2.78. The molecule has 0 saturated carbocycles. The fourth-order valence-electron chi connectivity index (χ4n) is 2.64. The maximum Gasteiger partial charge on any atom is 0.338 e. The van der Waals surface area contributed by atoms with Gasteiger partial charge in [0.25, 0.3) is 5.91 Å². The van der Waals surface area contributed by atoms with Crippen molar-refractivity contribution in [2.24, 2.45) is 5.16 Å². The van der Waals surface area contributed by atoms with E-state index >= 15 is 0 Å². The first-order chi connectivity index (χ1) is 14.5. The van der Waals surface area contributed by atoms with Gasteiger partial charge in [0, 0.05) is 13.0 Å². The number of carbonyl (C=O) groups excluding carboxylic acids is 2. The highest BCUT2D eigenvalue weighted by Crippen LogP contribution is 2.31. The zero-order valence-electron chi connectivity index (χ0n) is 16.5. The van der Waals surface area contributed by atoms with Crippen molar-refractivity contribution >= 4 is 29.2 Å². The lowest BCUT2D eigenvalue weighted by molar-refractivity contribution is -0.125. The number of phenolic OH excluding ortho intramolecular Hbond substituents is 1. The van der Waals surface area contributed by atoms with Crippen LogP contribution in [0.4, 0.5) is 0 Å². The van der Waals surface area contributed by atoms with Crippen molar-refractivity contribution in [3.8, 4) is 5.75 Å². The average molecular weight is 437 g/mol. The monoisotopic (exact) mass is 436 g/mol. The van der Waals surface area contributed by atoms with Gasteiger partial charge in [-0.15, -0.1) is 0 Å². The van der Waals surface area contributed by atoms with E-state index in [1.54, 1.807) is 6.08 Å². The maximum absolute atomic E-state index is 12.5. The molecule has 1 amide bonds. The number of phenols is 1. The SMILES string of the molecule is O=C(CO/N=C1\C=C\CC/C=C/CCOC(=O)c2ccc(O)c(Cl)c2C1)NCCO. The zero-order valence-corrected chi connectivity index (χ0v) is 17.2. The number of ether oxygens (including phenoxy) is 1. The molecule has 30 heavy (non-hydrogen) atoms. The Morgan fingerprint density at radius 3 is 2.80 bits per heavy atom. The number of hydrogen-bond acceptors (Lipinski definition) is 7. The summed E-state index contributed by atoms with van der Waals surface area (Å²) in [5, 5.41) is 25.2. The third-order valence-electron chi connectivity index (χ3n) is 4.11. The van der Waals surface area contributed by atoms with Gasteiger partial charge in [0.05, 0.1) is 29.5 Å². The number of nitrogens with one attached hydrogen (secondary N) is 1. The van der Waals surface area contributed by atoms with Crippen molar-refractivity contribution in [2.45, 2.75) is 25.7 Å². The van der Waals surface area contributed by atoms with Crippen LogP contribution in [0.15, 0.2) is 41.6 Å². The van der Waals surface area contributed by atoms with E-state index in [-0.39, 0.29) is 49.1 Å². The highest BCUT2D eigenvalue weighted by atomic mass is 35.5. The van der Waals surface area contributed by atoms with E-state index in [9.17, 15) is 14.7 Å². The Morgan fingerprint density at radius 2 is 2.00 bits per heavy atom. The number of nitrogens with zero attached hydrogens (tertiary/aromatic N) is 1. The van der Waals surface area contributed by atoms with Gasteiger partial charge < -0.3 is 25.1 Å². The summed E-state index contributed by atoms with van der Waals surface area (Å²) in [5.41, 5.74) is 0.985. The molecule has 2 rings (SSSR count). The predicted octanol–water partition coefficient (Wildman–Crippen LogP) is 2.52. The van der Waals surface area contributed by atoms with E-state index in [1.165, 1.54) is 12.1 Å². The van der Waals surface area contributed by atoms with Crippen LogP contribution < -0.4 is 5.32 Å². The fraction of sp³-hybridized carbons (Fsp3) is 0.381. The minimum Gasteiger partial charge on any atom is -0.506 e. The molecule has 3 N–H and O–H groups in total. The molecule has 9 heteroatoms. The lowest BCUT2D eigenvalue weighted by atomic mass is 10.0. The van der Waals surface area contributed by atoms with Crippen LogP contribution in [0.2, 0.25) is 5.02 Å². The number of amides is 1. The highest BCUT2D eigenvalue weighted by molar-refractivity contribution is 6.33. The fourth-order valence-corrected chi connectivity index (χ4v) is 2.87. The molecule has 1 aliphatic rings. The lowest BCUT2D eigenvalue weighted by Gasteiger charge is -2.13. The average Bonchev–Trinajstić information content (AvgIpc) is 2.73. The Labute approximate surface area is 179 Å². The Kier molecular flexibility index (Phi) is 9.90. The quantitative estimate of drug-likeness (QED) is 0.371. The number of aliphatic hydroxyl groups excluding tert-OH is 1. The second-order valence-corrected chi connectivity index (χ2v) is 6.78. The second kappa shape index (κ2) is 12.7. The van der Waals surface area contributed by atoms with Crippen LogP contribution in [0.5, 0.6) is 5.75 Å². The van der Waals surface area contributed by atoms with Crippen molar-refractivity contribution in [3.63, 3.8) is 0 Å². The van der Waals surface area contributed by atoms with Gasteiger partial charge in [0.2, 0.25) is 0 Å². The number of hydrogen-bond donors (Lipinski definition) is 3. The molecular formula is C21H25ClN2O6. The van der Waals surface area contributed by atoms with Crippen molar-refractivity contribution in [1.29, 1.82) is 0 Å². The van der Waals surface area contributed by atoms with Crippen molar-refractivity contribution in [2.75, 3.05) is 26.4 Å². The van der Waals surface area contributed by atoms with E-state index < -0.39 is 11.9 Å². The lowest BCUT2D eigenvalue weighted by Crippen LogP contribution is -2.29. The van der Waals surface area contributed by atoms with E-state index in [0.29, 0.717) is 17.7 Å². The Bertz CT molecular complexity index is 835. The summed E-state index contributed by atoms with van der Waals surface area (Å²) in [5.74, 6) is -1.15. The summed E-state index contributed by atoms with van der Waals surface area (Å²) in [7, 11) is 0. The standard InChI is InChI=1S/C21H25ClN2O6/c22-20-17-13-15(24-30-14-19(27)23-10-11-25)7-5-3-1-2-4-6-12-29-21(28)16(17)8-9-18(20)26/h2,4-5,7-9,25-26H,1,3,6,10-14H2,(H,23,27)/b4-2+,7-5+,24-15+. The maximum atomic E-state index is 12.5. The zero-order chi connectivity index (χ0) is 21.8. The largest absolute Gasteiger partial charge is 0.506 e. The summed E-state index contributed by atoms with van der Waals surface area (Å²) < 4.78 is 5.30. The number of benzene rings is 1. The first-order valence-corrected chi connectivity index (χ1v) is 9.96. The summed E-state index contributed by atoms with van der Waals surface area (Å²) in [6.07, 6.45) is 9.83. The Hall–Kier alpha value is -2.84. The molecule has 0 unspecified atom stereocenters. The van der Waals surface area contributed by atoms with Gasteiger partial charge in [-0.2, -0.15) is 0 Å². The normalized spacial score (nSPS) is 18.6. The van der Waals surface area contributed by atoms with Crippen LogP contribution in [-0.2, 0) is 20.8 Å². The molecule has 1 heterocycles. The number of rotatable bonds is 5. The van der Waals surface area contributed by atoms with Crippen LogP contribution in [-0.4, -0.2) is 54.2 Å². The number of allylic oxidation sites excluding steroid dienone is 3. The minimum absolute atomic E-state index is 0.0261. The molecule has 0 saturated heterocycles. The molecule has 8 nitrogen and oxygen atoms in total. The first-order valence-electron chi connectivity index (χ1n) is 9.58. The van der Waals surface area contributed by atoms with Gasteiger partial charge >= 0.3 is 5.97 Å². The summed E-state index contributed by atoms with van der Waals surface area (Å²) in [6.45, 7) is -0.151. The number of fused-ring (bicyclic) bond motifs is 1. The van der Waals surface area contributed by atoms with E-state index in [0.717, 1.165) is 12.8 Å². The van der Waals surface area contributed by atoms with Gasteiger partial charge in [0.15, 0.2) is 6.61 Å². The molecule has 0 radical (unpaired) electrons. The number of halogens is 1.